The normalized spacial score (nSPS) is 10.4. The highest BCUT2D eigenvalue weighted by Gasteiger charge is 2.00. The molecule has 1 aromatic heterocycles. The van der Waals surface area contributed by atoms with Gasteiger partial charge in [0.05, 0.1) is 0 Å². The molecule has 0 aliphatic rings. The molecule has 2 nitrogen and oxygen atoms in total. The molecule has 0 fully saturated rings. The number of nitrogens with two attached hydrogens (primary N) is 1. The lowest BCUT2D eigenvalue weighted by Gasteiger charge is -2.06. The summed E-state index contributed by atoms with van der Waals surface area (Å²) in [5.41, 5.74) is 8.10. The fourth-order valence-corrected chi connectivity index (χ4v) is 2.40. The molecule has 2 aromatic rings. The van der Waals surface area contributed by atoms with Crippen molar-refractivity contribution in [2.45, 2.75) is 23.3 Å². The van der Waals surface area contributed by atoms with Crippen LogP contribution in [0.4, 0.5) is 0 Å². The van der Waals surface area contributed by atoms with E-state index >= 15 is 0 Å². The van der Waals surface area contributed by atoms with Gasteiger partial charge in [0.1, 0.15) is 0 Å². The number of aromatic nitrogens is 1. The van der Waals surface area contributed by atoms with Crippen LogP contribution >= 0.6 is 11.8 Å². The van der Waals surface area contributed by atoms with Gasteiger partial charge in [-0.15, -0.1) is 0 Å². The Balaban J connectivity index is 2.20. The van der Waals surface area contributed by atoms with E-state index in [2.05, 4.69) is 30.1 Å². The first-order chi connectivity index (χ1) is 7.79. The van der Waals surface area contributed by atoms with Gasteiger partial charge in [0, 0.05) is 28.7 Å². The number of aryl methyl sites for hydroxylation is 1. The summed E-state index contributed by atoms with van der Waals surface area (Å²) in [6.07, 6.45) is 3.62. The SMILES string of the molecule is Cc1cc(Sc2ccncc2)ccc1CN. The van der Waals surface area contributed by atoms with Crippen molar-refractivity contribution in [2.75, 3.05) is 0 Å². The van der Waals surface area contributed by atoms with Gasteiger partial charge in [0.2, 0.25) is 0 Å². The predicted octanol–water partition coefficient (Wildman–Crippen LogP) is 3.00. The molecule has 16 heavy (non-hydrogen) atoms. The van der Waals surface area contributed by atoms with E-state index < -0.39 is 0 Å². The molecule has 0 bridgehead atoms. The molecular weight excluding hydrogens is 216 g/mol. The molecule has 0 atom stereocenters. The first-order valence-electron chi connectivity index (χ1n) is 5.17. The summed E-state index contributed by atoms with van der Waals surface area (Å²) in [6, 6.07) is 10.4. The number of hydrogen-bond donors (Lipinski definition) is 1. The standard InChI is InChI=1S/C13H14N2S/c1-10-8-13(3-2-11(10)9-14)16-12-4-6-15-7-5-12/h2-8H,9,14H2,1H3. The number of pyridine rings is 1. The minimum atomic E-state index is 0.603. The first kappa shape index (κ1) is 11.2. The van der Waals surface area contributed by atoms with E-state index in [1.807, 2.05) is 24.5 Å². The number of benzene rings is 1. The molecule has 82 valence electrons. The van der Waals surface area contributed by atoms with Crippen LogP contribution in [0.2, 0.25) is 0 Å². The molecule has 0 aliphatic heterocycles. The molecule has 0 saturated heterocycles. The van der Waals surface area contributed by atoms with Gasteiger partial charge in [-0.1, -0.05) is 17.8 Å². The maximum Gasteiger partial charge on any atom is 0.0279 e. The number of rotatable bonds is 3. The molecule has 1 aromatic carbocycles. The van der Waals surface area contributed by atoms with Gasteiger partial charge in [0.25, 0.3) is 0 Å². The van der Waals surface area contributed by atoms with Crippen molar-refractivity contribution in [1.29, 1.82) is 0 Å². The van der Waals surface area contributed by atoms with Crippen molar-refractivity contribution in [2.24, 2.45) is 5.73 Å². The van der Waals surface area contributed by atoms with Crippen molar-refractivity contribution in [3.63, 3.8) is 0 Å². The Bertz CT molecular complexity index is 469. The van der Waals surface area contributed by atoms with Crippen LogP contribution in [0.15, 0.2) is 52.5 Å². The van der Waals surface area contributed by atoms with Crippen molar-refractivity contribution in [1.82, 2.24) is 4.98 Å². The predicted molar refractivity (Wildman–Crippen MR) is 67.4 cm³/mol. The molecule has 0 aliphatic carbocycles. The molecule has 0 spiro atoms. The third-order valence-electron chi connectivity index (χ3n) is 2.42. The highest BCUT2D eigenvalue weighted by atomic mass is 32.2. The van der Waals surface area contributed by atoms with E-state index in [0.717, 1.165) is 0 Å². The summed E-state index contributed by atoms with van der Waals surface area (Å²) in [4.78, 5) is 6.44. The van der Waals surface area contributed by atoms with Crippen LogP contribution in [-0.4, -0.2) is 4.98 Å². The molecule has 3 heteroatoms. The third kappa shape index (κ3) is 2.62. The van der Waals surface area contributed by atoms with Crippen LogP contribution in [0.25, 0.3) is 0 Å². The van der Waals surface area contributed by atoms with Crippen LogP contribution in [0.3, 0.4) is 0 Å². The van der Waals surface area contributed by atoms with Crippen LogP contribution in [0, 0.1) is 6.92 Å². The van der Waals surface area contributed by atoms with Gasteiger partial charge < -0.3 is 5.73 Å². The van der Waals surface area contributed by atoms with Gasteiger partial charge in [-0.2, -0.15) is 0 Å². The van der Waals surface area contributed by atoms with Gasteiger partial charge >= 0.3 is 0 Å². The van der Waals surface area contributed by atoms with Gasteiger partial charge in [-0.3, -0.25) is 4.98 Å². The Morgan fingerprint density at radius 3 is 2.50 bits per heavy atom. The third-order valence-corrected chi connectivity index (χ3v) is 3.42. The molecule has 1 heterocycles. The lowest BCUT2D eigenvalue weighted by atomic mass is 10.1. The Morgan fingerprint density at radius 1 is 1.12 bits per heavy atom. The summed E-state index contributed by atoms with van der Waals surface area (Å²) < 4.78 is 0. The van der Waals surface area contributed by atoms with Crippen LogP contribution < -0.4 is 5.73 Å². The molecule has 0 unspecified atom stereocenters. The summed E-state index contributed by atoms with van der Waals surface area (Å²) in [5.74, 6) is 0. The van der Waals surface area contributed by atoms with Crippen LogP contribution in [0.1, 0.15) is 11.1 Å². The maximum atomic E-state index is 5.64. The second-order valence-corrected chi connectivity index (χ2v) is 4.72. The van der Waals surface area contributed by atoms with E-state index in [-0.39, 0.29) is 0 Å². The lowest BCUT2D eigenvalue weighted by Crippen LogP contribution is -1.98. The van der Waals surface area contributed by atoms with Gasteiger partial charge in [-0.05, 0) is 42.3 Å². The molecule has 2 N–H and O–H groups in total. The summed E-state index contributed by atoms with van der Waals surface area (Å²) in [6.45, 7) is 2.70. The largest absolute Gasteiger partial charge is 0.326 e. The van der Waals surface area contributed by atoms with E-state index in [9.17, 15) is 0 Å². The monoisotopic (exact) mass is 230 g/mol. The van der Waals surface area contributed by atoms with E-state index in [1.165, 1.54) is 20.9 Å². The number of nitrogens with zero attached hydrogens (tertiary/aromatic N) is 1. The zero-order valence-electron chi connectivity index (χ0n) is 9.18. The topological polar surface area (TPSA) is 38.9 Å². The van der Waals surface area contributed by atoms with Gasteiger partial charge in [-0.25, -0.2) is 0 Å². The maximum absolute atomic E-state index is 5.64. The molecule has 2 rings (SSSR count). The lowest BCUT2D eigenvalue weighted by molar-refractivity contribution is 1.04. The molecule has 0 amide bonds. The highest BCUT2D eigenvalue weighted by Crippen LogP contribution is 2.28. The van der Waals surface area contributed by atoms with E-state index in [1.54, 1.807) is 11.8 Å². The van der Waals surface area contributed by atoms with Crippen LogP contribution in [-0.2, 0) is 6.54 Å². The van der Waals surface area contributed by atoms with Crippen molar-refractivity contribution in [3.05, 3.63) is 53.9 Å². The molecule has 0 radical (unpaired) electrons. The first-order valence-corrected chi connectivity index (χ1v) is 5.98. The minimum absolute atomic E-state index is 0.603. The summed E-state index contributed by atoms with van der Waals surface area (Å²) in [5, 5.41) is 0. The average Bonchev–Trinajstić information content (AvgIpc) is 2.31. The van der Waals surface area contributed by atoms with Crippen molar-refractivity contribution in [3.8, 4) is 0 Å². The van der Waals surface area contributed by atoms with Gasteiger partial charge in [0.15, 0.2) is 0 Å². The second-order valence-electron chi connectivity index (χ2n) is 3.58. The van der Waals surface area contributed by atoms with Crippen LogP contribution in [0.5, 0.6) is 0 Å². The summed E-state index contributed by atoms with van der Waals surface area (Å²) >= 11 is 1.74. The minimum Gasteiger partial charge on any atom is -0.326 e. The Labute approximate surface area is 99.9 Å². The zero-order chi connectivity index (χ0) is 11.4. The Hall–Kier alpha value is -1.32. The smallest absolute Gasteiger partial charge is 0.0279 e. The summed E-state index contributed by atoms with van der Waals surface area (Å²) in [7, 11) is 0. The quantitative estimate of drug-likeness (QED) is 0.881. The fraction of sp³-hybridized carbons (Fsp3) is 0.154. The second kappa shape index (κ2) is 5.14. The zero-order valence-corrected chi connectivity index (χ0v) is 10.00. The van der Waals surface area contributed by atoms with E-state index in [0.29, 0.717) is 6.54 Å². The number of hydrogen-bond acceptors (Lipinski definition) is 3. The highest BCUT2D eigenvalue weighted by molar-refractivity contribution is 7.99. The molecule has 0 saturated carbocycles. The van der Waals surface area contributed by atoms with E-state index in [4.69, 9.17) is 5.73 Å². The van der Waals surface area contributed by atoms with Crippen molar-refractivity contribution < 1.29 is 0 Å². The Kier molecular flexibility index (Phi) is 3.59. The molecular formula is C13H14N2S. The Morgan fingerprint density at radius 2 is 1.88 bits per heavy atom. The van der Waals surface area contributed by atoms with Crippen molar-refractivity contribution >= 4 is 11.8 Å². The average molecular weight is 230 g/mol. The fourth-order valence-electron chi connectivity index (χ4n) is 1.50.